The highest BCUT2D eigenvalue weighted by molar-refractivity contribution is 5.78. The summed E-state index contributed by atoms with van der Waals surface area (Å²) in [6, 6.07) is 0.414. The number of carboxylic acid groups (broad SMARTS) is 1. The molecule has 1 fully saturated rings. The molecule has 5 heteroatoms. The van der Waals surface area contributed by atoms with Crippen LogP contribution >= 0.6 is 0 Å². The van der Waals surface area contributed by atoms with Crippen LogP contribution in [-0.2, 0) is 9.53 Å². The number of hydrogen-bond donors (Lipinski definition) is 2. The van der Waals surface area contributed by atoms with Crippen molar-refractivity contribution in [3.8, 4) is 0 Å². The molecule has 1 aliphatic carbocycles. The van der Waals surface area contributed by atoms with Gasteiger partial charge >= 0.3 is 5.97 Å². The summed E-state index contributed by atoms with van der Waals surface area (Å²) in [5.41, 5.74) is -0.775. The lowest BCUT2D eigenvalue weighted by Crippen LogP contribution is -2.50. The molecule has 5 nitrogen and oxygen atoms in total. The third kappa shape index (κ3) is 5.33. The first-order chi connectivity index (χ1) is 8.48. The summed E-state index contributed by atoms with van der Waals surface area (Å²) in [4.78, 5) is 13.5. The van der Waals surface area contributed by atoms with Crippen molar-refractivity contribution < 1.29 is 14.6 Å². The van der Waals surface area contributed by atoms with Crippen LogP contribution in [0.1, 0.15) is 32.6 Å². The first-order valence-electron chi connectivity index (χ1n) is 6.66. The van der Waals surface area contributed by atoms with Gasteiger partial charge in [0.1, 0.15) is 5.54 Å². The molecule has 0 bridgehead atoms. The quantitative estimate of drug-likeness (QED) is 0.610. The van der Waals surface area contributed by atoms with E-state index in [1.54, 1.807) is 14.0 Å². The molecule has 0 spiro atoms. The molecule has 1 aliphatic rings. The number of carboxylic acids is 1. The molecular weight excluding hydrogens is 232 g/mol. The Kier molecular flexibility index (Phi) is 6.05. The molecule has 1 saturated carbocycles. The van der Waals surface area contributed by atoms with Crippen LogP contribution in [0.15, 0.2) is 0 Å². The lowest BCUT2D eigenvalue weighted by atomic mass is 9.95. The SMILES string of the molecule is COCCN(C)CCCC(C)(NC1CC1)C(=O)O. The fourth-order valence-corrected chi connectivity index (χ4v) is 1.98. The number of carbonyl (C=O) groups is 1. The summed E-state index contributed by atoms with van der Waals surface area (Å²) in [5, 5.41) is 12.6. The summed E-state index contributed by atoms with van der Waals surface area (Å²) < 4.78 is 5.01. The Morgan fingerprint density at radius 2 is 2.17 bits per heavy atom. The molecular formula is C13H26N2O3. The summed E-state index contributed by atoms with van der Waals surface area (Å²) in [6.45, 7) is 4.30. The molecule has 106 valence electrons. The van der Waals surface area contributed by atoms with E-state index in [2.05, 4.69) is 10.2 Å². The highest BCUT2D eigenvalue weighted by atomic mass is 16.5. The predicted octanol–water partition coefficient (Wildman–Crippen LogP) is 0.940. The number of aliphatic carboxylic acids is 1. The van der Waals surface area contributed by atoms with Gasteiger partial charge in [0.2, 0.25) is 0 Å². The Morgan fingerprint density at radius 3 is 2.67 bits per heavy atom. The minimum absolute atomic E-state index is 0.414. The number of likely N-dealkylation sites (N-methyl/N-ethyl adjacent to an activating group) is 1. The van der Waals surface area contributed by atoms with Crippen molar-refractivity contribution >= 4 is 5.97 Å². The first-order valence-corrected chi connectivity index (χ1v) is 6.66. The van der Waals surface area contributed by atoms with Gasteiger partial charge in [0.15, 0.2) is 0 Å². The molecule has 0 aliphatic heterocycles. The van der Waals surface area contributed by atoms with E-state index in [0.29, 0.717) is 19.1 Å². The molecule has 0 radical (unpaired) electrons. The molecule has 0 aromatic carbocycles. The van der Waals surface area contributed by atoms with Crippen molar-refractivity contribution in [2.24, 2.45) is 0 Å². The van der Waals surface area contributed by atoms with E-state index >= 15 is 0 Å². The number of nitrogens with zero attached hydrogens (tertiary/aromatic N) is 1. The van der Waals surface area contributed by atoms with E-state index in [-0.39, 0.29) is 0 Å². The van der Waals surface area contributed by atoms with E-state index in [4.69, 9.17) is 4.74 Å². The van der Waals surface area contributed by atoms with Crippen molar-refractivity contribution in [1.29, 1.82) is 0 Å². The third-order valence-corrected chi connectivity index (χ3v) is 3.47. The zero-order chi connectivity index (χ0) is 13.6. The van der Waals surface area contributed by atoms with Crippen LogP contribution in [-0.4, -0.2) is 61.4 Å². The Balaban J connectivity index is 2.26. The van der Waals surface area contributed by atoms with Gasteiger partial charge in [0, 0.05) is 19.7 Å². The zero-order valence-electron chi connectivity index (χ0n) is 11.7. The minimum Gasteiger partial charge on any atom is -0.480 e. The Labute approximate surface area is 109 Å². The minimum atomic E-state index is -0.775. The summed E-state index contributed by atoms with van der Waals surface area (Å²) in [6.07, 6.45) is 3.76. The van der Waals surface area contributed by atoms with E-state index in [9.17, 15) is 9.90 Å². The smallest absolute Gasteiger partial charge is 0.323 e. The van der Waals surface area contributed by atoms with Gasteiger partial charge in [-0.25, -0.2) is 0 Å². The first kappa shape index (κ1) is 15.4. The largest absolute Gasteiger partial charge is 0.480 e. The third-order valence-electron chi connectivity index (χ3n) is 3.47. The van der Waals surface area contributed by atoms with Gasteiger partial charge in [0.05, 0.1) is 6.61 Å². The highest BCUT2D eigenvalue weighted by Crippen LogP contribution is 2.25. The maximum Gasteiger partial charge on any atom is 0.323 e. The van der Waals surface area contributed by atoms with Crippen LogP contribution in [0.3, 0.4) is 0 Å². The molecule has 18 heavy (non-hydrogen) atoms. The number of hydrogen-bond acceptors (Lipinski definition) is 4. The average molecular weight is 258 g/mol. The molecule has 1 unspecified atom stereocenters. The molecule has 0 amide bonds. The van der Waals surface area contributed by atoms with Crippen LogP contribution < -0.4 is 5.32 Å². The number of ether oxygens (including phenoxy) is 1. The summed E-state index contributed by atoms with van der Waals surface area (Å²) >= 11 is 0. The highest BCUT2D eigenvalue weighted by Gasteiger charge is 2.37. The van der Waals surface area contributed by atoms with E-state index in [1.807, 2.05) is 7.05 Å². The van der Waals surface area contributed by atoms with Crippen molar-refractivity contribution in [3.63, 3.8) is 0 Å². The maximum absolute atomic E-state index is 11.3. The number of rotatable bonds is 10. The Morgan fingerprint density at radius 1 is 1.50 bits per heavy atom. The second kappa shape index (κ2) is 7.07. The van der Waals surface area contributed by atoms with Gasteiger partial charge < -0.3 is 14.7 Å². The van der Waals surface area contributed by atoms with Crippen molar-refractivity contribution in [2.45, 2.75) is 44.2 Å². The molecule has 1 atom stereocenters. The van der Waals surface area contributed by atoms with Crippen molar-refractivity contribution in [2.75, 3.05) is 33.9 Å². The standard InChI is InChI=1S/C13H26N2O3/c1-13(12(16)17,14-11-5-6-11)7-4-8-15(2)9-10-18-3/h11,14H,4-10H2,1-3H3,(H,16,17). The second-order valence-electron chi connectivity index (χ2n) is 5.46. The fourth-order valence-electron chi connectivity index (χ4n) is 1.98. The molecule has 0 aromatic heterocycles. The molecule has 0 aromatic rings. The van der Waals surface area contributed by atoms with Gasteiger partial charge in [-0.15, -0.1) is 0 Å². The van der Waals surface area contributed by atoms with Crippen LogP contribution in [0.5, 0.6) is 0 Å². The van der Waals surface area contributed by atoms with E-state index in [0.717, 1.165) is 32.4 Å². The van der Waals surface area contributed by atoms with Crippen LogP contribution in [0.25, 0.3) is 0 Å². The molecule has 1 rings (SSSR count). The molecule has 2 N–H and O–H groups in total. The van der Waals surface area contributed by atoms with Crippen molar-refractivity contribution in [1.82, 2.24) is 10.2 Å². The normalized spacial score (nSPS) is 18.9. The predicted molar refractivity (Wildman–Crippen MR) is 70.8 cm³/mol. The van der Waals surface area contributed by atoms with Gasteiger partial charge in [0.25, 0.3) is 0 Å². The number of methoxy groups -OCH3 is 1. The van der Waals surface area contributed by atoms with Gasteiger partial charge in [-0.2, -0.15) is 0 Å². The van der Waals surface area contributed by atoms with E-state index < -0.39 is 11.5 Å². The topological polar surface area (TPSA) is 61.8 Å². The van der Waals surface area contributed by atoms with Gasteiger partial charge in [-0.1, -0.05) is 0 Å². The monoisotopic (exact) mass is 258 g/mol. The van der Waals surface area contributed by atoms with Gasteiger partial charge in [-0.05, 0) is 46.2 Å². The maximum atomic E-state index is 11.3. The summed E-state index contributed by atoms with van der Waals surface area (Å²) in [5.74, 6) is -0.742. The number of nitrogens with one attached hydrogen (secondary N) is 1. The molecule has 0 heterocycles. The van der Waals surface area contributed by atoms with Gasteiger partial charge in [-0.3, -0.25) is 10.1 Å². The lowest BCUT2D eigenvalue weighted by molar-refractivity contribution is -0.144. The second-order valence-corrected chi connectivity index (χ2v) is 5.46. The zero-order valence-corrected chi connectivity index (χ0v) is 11.7. The lowest BCUT2D eigenvalue weighted by Gasteiger charge is -2.27. The van der Waals surface area contributed by atoms with Crippen LogP contribution in [0.4, 0.5) is 0 Å². The Bertz CT molecular complexity index is 269. The van der Waals surface area contributed by atoms with Crippen LogP contribution in [0, 0.1) is 0 Å². The molecule has 0 saturated heterocycles. The fraction of sp³-hybridized carbons (Fsp3) is 0.923. The van der Waals surface area contributed by atoms with E-state index in [1.165, 1.54) is 0 Å². The summed E-state index contributed by atoms with van der Waals surface area (Å²) in [7, 11) is 3.72. The average Bonchev–Trinajstić information content (AvgIpc) is 3.09. The van der Waals surface area contributed by atoms with Crippen molar-refractivity contribution in [3.05, 3.63) is 0 Å². The van der Waals surface area contributed by atoms with Crippen LogP contribution in [0.2, 0.25) is 0 Å². The Hall–Kier alpha value is -0.650.